The molecule has 0 amide bonds. The average Bonchev–Trinajstić information content (AvgIpc) is 2.80. The number of esters is 2. The highest BCUT2D eigenvalue weighted by Crippen LogP contribution is 2.42. The van der Waals surface area contributed by atoms with Crippen LogP contribution in [0.15, 0.2) is 84.9 Å². The van der Waals surface area contributed by atoms with Gasteiger partial charge in [0.05, 0.1) is 18.8 Å². The van der Waals surface area contributed by atoms with Crippen molar-refractivity contribution in [2.75, 3.05) is 13.2 Å². The summed E-state index contributed by atoms with van der Waals surface area (Å²) in [5.74, 6) is -0.504. The zero-order chi connectivity index (χ0) is 22.7. The minimum absolute atomic E-state index is 0.211. The molecule has 3 aromatic rings. The normalized spacial score (nSPS) is 10.4. The Bertz CT molecular complexity index is 986. The van der Waals surface area contributed by atoms with Crippen molar-refractivity contribution in [3.63, 3.8) is 0 Å². The number of carbonyl (C=O) groups excluding carboxylic acids is 2. The third kappa shape index (κ3) is 6.19. The molecule has 0 atom stereocenters. The van der Waals surface area contributed by atoms with Gasteiger partial charge in [-0.05, 0) is 42.7 Å². The third-order valence-electron chi connectivity index (χ3n) is 4.55. The van der Waals surface area contributed by atoms with Crippen LogP contribution < -0.4 is 15.9 Å². The van der Waals surface area contributed by atoms with E-state index < -0.39 is 6.89 Å². The van der Waals surface area contributed by atoms with E-state index in [1.807, 2.05) is 67.6 Å². The molecule has 0 unspecified atom stereocenters. The molecule has 0 fully saturated rings. The zero-order valence-corrected chi connectivity index (χ0v) is 19.2. The maximum Gasteiger partial charge on any atom is 0.338 e. The van der Waals surface area contributed by atoms with Crippen LogP contribution in [0.4, 0.5) is 0 Å². The van der Waals surface area contributed by atoms with Crippen molar-refractivity contribution >= 4 is 41.0 Å². The molecule has 0 N–H and O–H groups in total. The van der Waals surface area contributed by atoms with Gasteiger partial charge in [-0.1, -0.05) is 85.2 Å². The second-order valence-electron chi connectivity index (χ2n) is 6.64. The van der Waals surface area contributed by atoms with Gasteiger partial charge in [-0.25, -0.2) is 4.79 Å². The lowest BCUT2D eigenvalue weighted by molar-refractivity contribution is -0.140. The van der Waals surface area contributed by atoms with E-state index in [9.17, 15) is 9.59 Å². The monoisotopic (exact) mass is 436 g/mol. The first-order valence-electron chi connectivity index (χ1n) is 10.2. The molecule has 3 rings (SSSR count). The molecule has 0 saturated carbocycles. The lowest BCUT2D eigenvalue weighted by atomic mass is 10.2. The van der Waals surface area contributed by atoms with E-state index in [1.54, 1.807) is 6.92 Å². The van der Waals surface area contributed by atoms with Gasteiger partial charge < -0.3 is 9.47 Å². The molecule has 0 aliphatic carbocycles. The summed E-state index contributed by atoms with van der Waals surface area (Å²) in [5, 5.41) is 3.22. The molecular weight excluding hydrogens is 407 g/mol. The molecule has 0 bridgehead atoms. The quantitative estimate of drug-likeness (QED) is 0.430. The summed E-state index contributed by atoms with van der Waals surface area (Å²) in [6.07, 6.45) is 4.69. The Kier molecular flexibility index (Phi) is 9.30. The summed E-state index contributed by atoms with van der Waals surface area (Å²) in [5.41, 5.74) is 0.598. The summed E-state index contributed by atoms with van der Waals surface area (Å²) in [6, 6.07) is 28.1. The Balaban J connectivity index is 0.000000501. The van der Waals surface area contributed by atoms with Crippen LogP contribution in [-0.2, 0) is 14.3 Å². The molecule has 0 aliphatic heterocycles. The Labute approximate surface area is 184 Å². The maximum absolute atomic E-state index is 12.5. The van der Waals surface area contributed by atoms with Gasteiger partial charge >= 0.3 is 11.9 Å². The molecule has 0 aromatic heterocycles. The molecule has 4 nitrogen and oxygen atoms in total. The van der Waals surface area contributed by atoms with Gasteiger partial charge in [0.25, 0.3) is 0 Å². The first-order chi connectivity index (χ1) is 14.9. The van der Waals surface area contributed by atoms with Crippen molar-refractivity contribution in [1.29, 1.82) is 0 Å². The fourth-order valence-electron chi connectivity index (χ4n) is 3.18. The van der Waals surface area contributed by atoms with E-state index in [4.69, 9.17) is 4.74 Å². The van der Waals surface area contributed by atoms with E-state index >= 15 is 0 Å². The Morgan fingerprint density at radius 1 is 0.742 bits per heavy atom. The van der Waals surface area contributed by atoms with E-state index in [2.05, 4.69) is 35.3 Å². The van der Waals surface area contributed by atoms with Crippen LogP contribution in [0.5, 0.6) is 0 Å². The van der Waals surface area contributed by atoms with Gasteiger partial charge in [0.2, 0.25) is 0 Å². The van der Waals surface area contributed by atoms with Crippen LogP contribution in [0.25, 0.3) is 0 Å². The zero-order valence-electron chi connectivity index (χ0n) is 18.3. The van der Waals surface area contributed by atoms with Crippen LogP contribution in [0.1, 0.15) is 31.1 Å². The van der Waals surface area contributed by atoms with E-state index in [0.29, 0.717) is 18.8 Å². The largest absolute Gasteiger partial charge is 0.466 e. The topological polar surface area (TPSA) is 52.6 Å². The van der Waals surface area contributed by atoms with E-state index in [-0.39, 0.29) is 11.9 Å². The standard InChI is InChI=1S/C22H21O2P.C4H8O2/c1-3-24-22(23)20-16-10-11-17-21(20)25(2,18-12-6-4-7-13-18)19-14-8-5-9-15-19;1-3-6-4(2)5/h4-17H,2-3H2,1H3;3H2,1-2H3. The molecule has 3 aromatic carbocycles. The highest BCUT2D eigenvalue weighted by Gasteiger charge is 2.27. The van der Waals surface area contributed by atoms with Gasteiger partial charge in [-0.3, -0.25) is 4.79 Å². The highest BCUT2D eigenvalue weighted by molar-refractivity contribution is 7.93. The highest BCUT2D eigenvalue weighted by atomic mass is 31.2. The fraction of sp³-hybridized carbons (Fsp3) is 0.192. The number of benzene rings is 3. The second kappa shape index (κ2) is 11.9. The van der Waals surface area contributed by atoms with Crippen LogP contribution in [0.3, 0.4) is 0 Å². The molecule has 31 heavy (non-hydrogen) atoms. The molecular formula is C26H29O4P. The number of hydrogen-bond acceptors (Lipinski definition) is 4. The lowest BCUT2D eigenvalue weighted by Crippen LogP contribution is -2.29. The Hall–Kier alpha value is -3.10. The minimum Gasteiger partial charge on any atom is -0.466 e. The first-order valence-corrected chi connectivity index (χ1v) is 12.2. The van der Waals surface area contributed by atoms with Gasteiger partial charge in [-0.2, -0.15) is 0 Å². The van der Waals surface area contributed by atoms with Crippen molar-refractivity contribution in [3.8, 4) is 0 Å². The molecule has 0 aliphatic rings. The number of hydrogen-bond donors (Lipinski definition) is 0. The van der Waals surface area contributed by atoms with Gasteiger partial charge in [-0.15, -0.1) is 0 Å². The predicted octanol–water partition coefficient (Wildman–Crippen LogP) is 4.16. The predicted molar refractivity (Wildman–Crippen MR) is 131 cm³/mol. The van der Waals surface area contributed by atoms with E-state index in [1.165, 1.54) is 6.92 Å². The Morgan fingerprint density at radius 3 is 1.61 bits per heavy atom. The van der Waals surface area contributed by atoms with Crippen LogP contribution in [0, 0.1) is 0 Å². The summed E-state index contributed by atoms with van der Waals surface area (Å²) >= 11 is 0. The molecule has 5 heteroatoms. The third-order valence-corrected chi connectivity index (χ3v) is 8.12. The summed E-state index contributed by atoms with van der Waals surface area (Å²) in [4.78, 5) is 22.4. The van der Waals surface area contributed by atoms with Crippen molar-refractivity contribution in [3.05, 3.63) is 90.5 Å². The van der Waals surface area contributed by atoms with Crippen molar-refractivity contribution in [1.82, 2.24) is 0 Å². The van der Waals surface area contributed by atoms with E-state index in [0.717, 1.165) is 15.9 Å². The summed E-state index contributed by atoms with van der Waals surface area (Å²) in [6.45, 7) is 3.64. The molecule has 0 heterocycles. The fourth-order valence-corrected chi connectivity index (χ4v) is 6.32. The SMILES string of the molecule is C=P(c1ccccc1)(c1ccccc1)c1ccccc1C(=O)OCC.CCOC(C)=O. The molecule has 0 radical (unpaired) electrons. The van der Waals surface area contributed by atoms with Gasteiger partial charge in [0.15, 0.2) is 0 Å². The lowest BCUT2D eigenvalue weighted by Gasteiger charge is -2.28. The molecule has 0 saturated heterocycles. The molecule has 162 valence electrons. The average molecular weight is 436 g/mol. The van der Waals surface area contributed by atoms with Crippen LogP contribution >= 0.6 is 6.89 Å². The number of carbonyl (C=O) groups is 2. The smallest absolute Gasteiger partial charge is 0.338 e. The Morgan fingerprint density at radius 2 is 1.19 bits per heavy atom. The van der Waals surface area contributed by atoms with Crippen molar-refractivity contribution < 1.29 is 19.1 Å². The maximum atomic E-state index is 12.5. The van der Waals surface area contributed by atoms with Crippen molar-refractivity contribution in [2.45, 2.75) is 20.8 Å². The van der Waals surface area contributed by atoms with Crippen LogP contribution in [0.2, 0.25) is 0 Å². The van der Waals surface area contributed by atoms with Crippen LogP contribution in [-0.4, -0.2) is 31.5 Å². The van der Waals surface area contributed by atoms with Gasteiger partial charge in [0.1, 0.15) is 0 Å². The number of ether oxygens (including phenoxy) is 2. The minimum atomic E-state index is -2.19. The van der Waals surface area contributed by atoms with Gasteiger partial charge in [0, 0.05) is 6.92 Å². The first kappa shape index (κ1) is 24.2. The summed E-state index contributed by atoms with van der Waals surface area (Å²) < 4.78 is 9.69. The van der Waals surface area contributed by atoms with Crippen molar-refractivity contribution in [2.24, 2.45) is 0 Å². The summed E-state index contributed by atoms with van der Waals surface area (Å²) in [7, 11) is 0. The molecule has 0 spiro atoms. The number of rotatable bonds is 6. The second-order valence-corrected chi connectivity index (χ2v) is 9.78.